The third kappa shape index (κ3) is 3.38. The molecule has 0 aliphatic carbocycles. The predicted octanol–water partition coefficient (Wildman–Crippen LogP) is 4.25. The van der Waals surface area contributed by atoms with Gasteiger partial charge in [-0.1, -0.05) is 49.4 Å². The van der Waals surface area contributed by atoms with E-state index in [0.29, 0.717) is 18.9 Å². The maximum atomic E-state index is 11.9. The molecule has 2 heterocycles. The maximum absolute atomic E-state index is 11.9. The molecule has 7 heteroatoms. The van der Waals surface area contributed by atoms with Crippen molar-refractivity contribution in [1.29, 1.82) is 0 Å². The minimum atomic E-state index is -0.396. The summed E-state index contributed by atoms with van der Waals surface area (Å²) >= 11 is 0. The molecule has 1 aliphatic rings. The number of fused-ring (bicyclic) bond motifs is 1. The van der Waals surface area contributed by atoms with Crippen molar-refractivity contribution in [3.63, 3.8) is 0 Å². The number of hydrogen-bond donors (Lipinski definition) is 1. The molecule has 0 unspecified atom stereocenters. The van der Waals surface area contributed by atoms with E-state index < -0.39 is 4.92 Å². The molecule has 0 amide bonds. The van der Waals surface area contributed by atoms with Gasteiger partial charge in [0.25, 0.3) is 0 Å². The number of aryl methyl sites for hydroxylation is 1. The normalized spacial score (nSPS) is 13.1. The Bertz CT molecular complexity index is 1020. The average Bonchev–Trinajstić information content (AvgIpc) is 2.73. The summed E-state index contributed by atoms with van der Waals surface area (Å²) in [6, 6.07) is 15.9. The highest BCUT2D eigenvalue weighted by atomic mass is 16.6. The summed E-state index contributed by atoms with van der Waals surface area (Å²) in [5.41, 5.74) is 4.26. The quantitative estimate of drug-likeness (QED) is 0.530. The standard InChI is InChI=1S/C21H21N5O2/c1-2-15-7-5-6-10-18(15)24-20-19(26(27)28)21(23-14-22-20)25-12-11-16-8-3-4-9-17(16)13-25/h3-10,14H,2,11-13H2,1H3,(H,22,23,24). The third-order valence-corrected chi connectivity index (χ3v) is 5.07. The van der Waals surface area contributed by atoms with E-state index in [0.717, 1.165) is 24.1 Å². The Morgan fingerprint density at radius 1 is 1.11 bits per heavy atom. The Morgan fingerprint density at radius 2 is 1.86 bits per heavy atom. The highest BCUT2D eigenvalue weighted by Gasteiger charge is 2.29. The molecule has 0 radical (unpaired) electrons. The number of nitro groups is 1. The van der Waals surface area contributed by atoms with Gasteiger partial charge in [0.1, 0.15) is 6.33 Å². The Balaban J connectivity index is 1.72. The molecule has 28 heavy (non-hydrogen) atoms. The van der Waals surface area contributed by atoms with Gasteiger partial charge >= 0.3 is 5.69 Å². The first-order chi connectivity index (χ1) is 13.7. The van der Waals surface area contributed by atoms with E-state index in [9.17, 15) is 10.1 Å². The van der Waals surface area contributed by atoms with Crippen LogP contribution in [0, 0.1) is 10.1 Å². The zero-order valence-electron chi connectivity index (χ0n) is 15.6. The van der Waals surface area contributed by atoms with E-state index >= 15 is 0 Å². The van der Waals surface area contributed by atoms with E-state index in [4.69, 9.17) is 0 Å². The molecule has 4 rings (SSSR count). The Morgan fingerprint density at radius 3 is 2.64 bits per heavy atom. The lowest BCUT2D eigenvalue weighted by Crippen LogP contribution is -2.31. The van der Waals surface area contributed by atoms with Gasteiger partial charge < -0.3 is 10.2 Å². The van der Waals surface area contributed by atoms with E-state index in [1.165, 1.54) is 17.5 Å². The summed E-state index contributed by atoms with van der Waals surface area (Å²) in [4.78, 5) is 22.0. The van der Waals surface area contributed by atoms with Crippen molar-refractivity contribution in [3.8, 4) is 0 Å². The van der Waals surface area contributed by atoms with Crippen molar-refractivity contribution in [2.24, 2.45) is 0 Å². The summed E-state index contributed by atoms with van der Waals surface area (Å²) in [6.07, 6.45) is 3.04. The molecule has 142 valence electrons. The predicted molar refractivity (Wildman–Crippen MR) is 109 cm³/mol. The molecule has 1 N–H and O–H groups in total. The van der Waals surface area contributed by atoms with Crippen LogP contribution in [0.4, 0.5) is 23.0 Å². The second-order valence-corrected chi connectivity index (χ2v) is 6.73. The lowest BCUT2D eigenvalue weighted by molar-refractivity contribution is -0.383. The van der Waals surface area contributed by atoms with Gasteiger partial charge in [0.05, 0.1) is 4.92 Å². The van der Waals surface area contributed by atoms with Crippen molar-refractivity contribution in [3.05, 3.63) is 81.7 Å². The van der Waals surface area contributed by atoms with E-state index in [1.807, 2.05) is 48.2 Å². The zero-order chi connectivity index (χ0) is 19.5. The highest BCUT2D eigenvalue weighted by molar-refractivity contribution is 5.75. The molecule has 0 bridgehead atoms. The Labute approximate surface area is 163 Å². The molecular weight excluding hydrogens is 354 g/mol. The second kappa shape index (κ2) is 7.64. The van der Waals surface area contributed by atoms with Crippen molar-refractivity contribution < 1.29 is 4.92 Å². The minimum absolute atomic E-state index is 0.0900. The van der Waals surface area contributed by atoms with Crippen LogP contribution < -0.4 is 10.2 Å². The summed E-state index contributed by atoms with van der Waals surface area (Å²) in [5, 5.41) is 15.1. The van der Waals surface area contributed by atoms with Gasteiger partial charge in [0.2, 0.25) is 11.6 Å². The molecule has 0 saturated carbocycles. The fraction of sp³-hybridized carbons (Fsp3) is 0.238. The topological polar surface area (TPSA) is 84.2 Å². The van der Waals surface area contributed by atoms with Gasteiger partial charge in [-0.3, -0.25) is 10.1 Å². The van der Waals surface area contributed by atoms with Crippen LogP contribution >= 0.6 is 0 Å². The number of hydrogen-bond acceptors (Lipinski definition) is 6. The van der Waals surface area contributed by atoms with E-state index in [2.05, 4.69) is 27.4 Å². The Hall–Kier alpha value is -3.48. The smallest absolute Gasteiger partial charge is 0.346 e. The molecule has 1 aromatic heterocycles. The van der Waals surface area contributed by atoms with Gasteiger partial charge in [-0.2, -0.15) is 0 Å². The van der Waals surface area contributed by atoms with Crippen LogP contribution in [-0.4, -0.2) is 21.4 Å². The molecular formula is C21H21N5O2. The van der Waals surface area contributed by atoms with Crippen LogP contribution in [-0.2, 0) is 19.4 Å². The van der Waals surface area contributed by atoms with Gasteiger partial charge in [0.15, 0.2) is 0 Å². The lowest BCUT2D eigenvalue weighted by Gasteiger charge is -2.29. The highest BCUT2D eigenvalue weighted by Crippen LogP contribution is 2.36. The second-order valence-electron chi connectivity index (χ2n) is 6.73. The molecule has 0 atom stereocenters. The number of anilines is 3. The number of nitrogens with one attached hydrogen (secondary N) is 1. The molecule has 7 nitrogen and oxygen atoms in total. The molecule has 0 saturated heterocycles. The number of para-hydroxylation sites is 1. The molecule has 3 aromatic rings. The average molecular weight is 375 g/mol. The minimum Gasteiger partial charge on any atom is -0.346 e. The lowest BCUT2D eigenvalue weighted by atomic mass is 10.00. The summed E-state index contributed by atoms with van der Waals surface area (Å²) in [7, 11) is 0. The van der Waals surface area contributed by atoms with Crippen molar-refractivity contribution in [2.45, 2.75) is 26.3 Å². The van der Waals surface area contributed by atoms with Gasteiger partial charge in [-0.05, 0) is 35.6 Å². The number of rotatable bonds is 5. The molecule has 0 spiro atoms. The number of aromatic nitrogens is 2. The first-order valence-corrected chi connectivity index (χ1v) is 9.33. The third-order valence-electron chi connectivity index (χ3n) is 5.07. The number of nitrogens with zero attached hydrogens (tertiary/aromatic N) is 4. The van der Waals surface area contributed by atoms with Crippen LogP contribution in [0.25, 0.3) is 0 Å². The van der Waals surface area contributed by atoms with Gasteiger partial charge in [0, 0.05) is 18.8 Å². The maximum Gasteiger partial charge on any atom is 0.353 e. The van der Waals surface area contributed by atoms with Crippen molar-refractivity contribution in [1.82, 2.24) is 9.97 Å². The summed E-state index contributed by atoms with van der Waals surface area (Å²) in [6.45, 7) is 3.32. The monoisotopic (exact) mass is 375 g/mol. The fourth-order valence-corrected chi connectivity index (χ4v) is 3.62. The fourth-order valence-electron chi connectivity index (χ4n) is 3.62. The molecule has 2 aromatic carbocycles. The largest absolute Gasteiger partial charge is 0.353 e. The summed E-state index contributed by atoms with van der Waals surface area (Å²) < 4.78 is 0. The molecule has 0 fully saturated rings. The Kier molecular flexibility index (Phi) is 4.89. The van der Waals surface area contributed by atoms with Crippen LogP contribution in [0.1, 0.15) is 23.6 Å². The van der Waals surface area contributed by atoms with Gasteiger partial charge in [-0.25, -0.2) is 9.97 Å². The van der Waals surface area contributed by atoms with Crippen LogP contribution in [0.15, 0.2) is 54.9 Å². The number of benzene rings is 2. The first kappa shape index (κ1) is 17.9. The van der Waals surface area contributed by atoms with Crippen molar-refractivity contribution >= 4 is 23.0 Å². The first-order valence-electron chi connectivity index (χ1n) is 9.33. The van der Waals surface area contributed by atoms with Crippen molar-refractivity contribution in [2.75, 3.05) is 16.8 Å². The zero-order valence-corrected chi connectivity index (χ0v) is 15.6. The SMILES string of the molecule is CCc1ccccc1Nc1ncnc(N2CCc3ccccc3C2)c1[N+](=O)[O-]. The van der Waals surface area contributed by atoms with Crippen LogP contribution in [0.3, 0.4) is 0 Å². The van der Waals surface area contributed by atoms with E-state index in [1.54, 1.807) is 0 Å². The van der Waals surface area contributed by atoms with E-state index in [-0.39, 0.29) is 11.5 Å². The van der Waals surface area contributed by atoms with Crippen LogP contribution in [0.5, 0.6) is 0 Å². The molecule has 1 aliphatic heterocycles. The van der Waals surface area contributed by atoms with Gasteiger partial charge in [-0.15, -0.1) is 0 Å². The van der Waals surface area contributed by atoms with Crippen LogP contribution in [0.2, 0.25) is 0 Å². The summed E-state index contributed by atoms with van der Waals surface area (Å²) in [5.74, 6) is 0.570.